The number of hydrogen-bond donors (Lipinski definition) is 1. The minimum Gasteiger partial charge on any atom is -0.508 e. The van der Waals surface area contributed by atoms with Crippen molar-refractivity contribution in [2.45, 2.75) is 10.7 Å². The average molecular weight is 540 g/mol. The van der Waals surface area contributed by atoms with Gasteiger partial charge >= 0.3 is 0 Å². The Balaban J connectivity index is 1.82. The molecular formula is C25H20Br2N2O2. The Hall–Kier alpha value is -2.70. The first-order valence-electron chi connectivity index (χ1n) is 9.67. The molecular weight excluding hydrogens is 520 g/mol. The third-order valence-corrected chi connectivity index (χ3v) is 6.07. The first kappa shape index (κ1) is 21.5. The molecule has 0 atom stereocenters. The van der Waals surface area contributed by atoms with Crippen molar-refractivity contribution in [1.29, 1.82) is 0 Å². The molecule has 0 saturated carbocycles. The van der Waals surface area contributed by atoms with Gasteiger partial charge in [-0.15, -0.1) is 0 Å². The van der Waals surface area contributed by atoms with Crippen molar-refractivity contribution in [1.82, 2.24) is 9.97 Å². The minimum atomic E-state index is 0.245. The molecule has 6 heteroatoms. The lowest BCUT2D eigenvalue weighted by Crippen LogP contribution is -1.97. The van der Waals surface area contributed by atoms with Gasteiger partial charge in [0.05, 0.1) is 29.9 Å². The molecule has 0 radical (unpaired) electrons. The van der Waals surface area contributed by atoms with Crippen molar-refractivity contribution >= 4 is 31.9 Å². The summed E-state index contributed by atoms with van der Waals surface area (Å²) in [6.07, 6.45) is 0. The number of nitrogens with zero attached hydrogens (tertiary/aromatic N) is 2. The normalized spacial score (nSPS) is 10.8. The third-order valence-electron chi connectivity index (χ3n) is 4.92. The van der Waals surface area contributed by atoms with Gasteiger partial charge in [-0.3, -0.25) is 9.97 Å². The summed E-state index contributed by atoms with van der Waals surface area (Å²) in [5.41, 5.74) is 7.65. The van der Waals surface area contributed by atoms with E-state index in [1.807, 2.05) is 48.5 Å². The van der Waals surface area contributed by atoms with Crippen molar-refractivity contribution in [3.05, 3.63) is 84.2 Å². The van der Waals surface area contributed by atoms with Gasteiger partial charge in [0.1, 0.15) is 11.5 Å². The van der Waals surface area contributed by atoms with Crippen LogP contribution < -0.4 is 4.74 Å². The maximum atomic E-state index is 9.62. The van der Waals surface area contributed by atoms with E-state index in [2.05, 4.69) is 44.0 Å². The Morgan fingerprint density at radius 3 is 1.55 bits per heavy atom. The molecule has 0 amide bonds. The summed E-state index contributed by atoms with van der Waals surface area (Å²) in [7, 11) is 1.66. The number of benzene rings is 2. The lowest BCUT2D eigenvalue weighted by atomic mass is 10.0. The SMILES string of the molecule is COc1ccc(-c2cc(CBr)nc(-c3cc(-c4ccc(O)cc4)cc(CBr)n3)c2)cc1. The lowest BCUT2D eigenvalue weighted by Gasteiger charge is -2.11. The van der Waals surface area contributed by atoms with E-state index in [-0.39, 0.29) is 5.75 Å². The van der Waals surface area contributed by atoms with Crippen LogP contribution in [0.5, 0.6) is 11.5 Å². The first-order valence-corrected chi connectivity index (χ1v) is 11.9. The Bertz CT molecular complexity index is 1190. The Labute approximate surface area is 198 Å². The van der Waals surface area contributed by atoms with E-state index in [4.69, 9.17) is 14.7 Å². The molecule has 0 aliphatic rings. The zero-order chi connectivity index (χ0) is 21.8. The van der Waals surface area contributed by atoms with Crippen LogP contribution in [0.4, 0.5) is 0 Å². The summed E-state index contributed by atoms with van der Waals surface area (Å²) in [6.45, 7) is 0. The van der Waals surface area contributed by atoms with E-state index < -0.39 is 0 Å². The number of phenolic OH excluding ortho intramolecular Hbond substituents is 1. The molecule has 156 valence electrons. The van der Waals surface area contributed by atoms with Gasteiger partial charge in [0.2, 0.25) is 0 Å². The predicted octanol–water partition coefficient (Wildman–Crippen LogP) is 6.98. The molecule has 0 aliphatic heterocycles. The molecule has 2 aromatic heterocycles. The van der Waals surface area contributed by atoms with Gasteiger partial charge in [0.25, 0.3) is 0 Å². The van der Waals surface area contributed by atoms with Gasteiger partial charge in [-0.25, -0.2) is 0 Å². The molecule has 4 rings (SSSR count). The molecule has 0 aliphatic carbocycles. The van der Waals surface area contributed by atoms with Gasteiger partial charge < -0.3 is 9.84 Å². The molecule has 0 spiro atoms. The number of halogens is 2. The summed E-state index contributed by atoms with van der Waals surface area (Å²) in [5, 5.41) is 10.9. The summed E-state index contributed by atoms with van der Waals surface area (Å²) in [4.78, 5) is 9.63. The molecule has 4 aromatic rings. The minimum absolute atomic E-state index is 0.245. The van der Waals surface area contributed by atoms with Crippen LogP contribution in [-0.4, -0.2) is 22.2 Å². The fourth-order valence-electron chi connectivity index (χ4n) is 3.35. The fraction of sp³-hybridized carbons (Fsp3) is 0.120. The third kappa shape index (κ3) is 4.97. The van der Waals surface area contributed by atoms with E-state index in [9.17, 15) is 5.11 Å². The van der Waals surface area contributed by atoms with Gasteiger partial charge in [-0.2, -0.15) is 0 Å². The molecule has 0 bridgehead atoms. The monoisotopic (exact) mass is 538 g/mol. The van der Waals surface area contributed by atoms with Crippen LogP contribution in [0.2, 0.25) is 0 Å². The van der Waals surface area contributed by atoms with Crippen LogP contribution in [0.1, 0.15) is 11.4 Å². The van der Waals surface area contributed by atoms with Crippen LogP contribution in [0.15, 0.2) is 72.8 Å². The molecule has 4 nitrogen and oxygen atoms in total. The summed E-state index contributed by atoms with van der Waals surface area (Å²) >= 11 is 7.08. The molecule has 2 aromatic carbocycles. The number of methoxy groups -OCH3 is 1. The fourth-order valence-corrected chi connectivity index (χ4v) is 3.92. The summed E-state index contributed by atoms with van der Waals surface area (Å²) < 4.78 is 5.28. The van der Waals surface area contributed by atoms with Crippen LogP contribution in [0.3, 0.4) is 0 Å². The van der Waals surface area contributed by atoms with Crippen molar-refractivity contribution in [2.75, 3.05) is 7.11 Å². The molecule has 0 unspecified atom stereocenters. The number of ether oxygens (including phenoxy) is 1. The number of phenols is 1. The van der Waals surface area contributed by atoms with Crippen LogP contribution >= 0.6 is 31.9 Å². The standard InChI is InChI=1S/C25H20Br2N2O2/c1-31-23-8-4-17(5-9-23)19-11-21(15-27)29-25(13-19)24-12-18(10-20(14-26)28-24)16-2-6-22(30)7-3-16/h2-13,30H,14-15H2,1H3. The predicted molar refractivity (Wildman–Crippen MR) is 132 cm³/mol. The van der Waals surface area contributed by atoms with E-state index in [0.717, 1.165) is 50.8 Å². The Kier molecular flexibility index (Phi) is 6.68. The number of aromatic hydroxyl groups is 1. The molecule has 0 fully saturated rings. The Morgan fingerprint density at radius 1 is 0.677 bits per heavy atom. The second-order valence-electron chi connectivity index (χ2n) is 7.01. The number of hydrogen-bond acceptors (Lipinski definition) is 4. The van der Waals surface area contributed by atoms with Crippen molar-refractivity contribution in [3.63, 3.8) is 0 Å². The first-order chi connectivity index (χ1) is 15.1. The summed E-state index contributed by atoms with van der Waals surface area (Å²) in [5.74, 6) is 1.07. The topological polar surface area (TPSA) is 55.2 Å². The number of pyridine rings is 2. The maximum absolute atomic E-state index is 9.62. The summed E-state index contributed by atoms with van der Waals surface area (Å²) in [6, 6.07) is 23.4. The molecule has 31 heavy (non-hydrogen) atoms. The van der Waals surface area contributed by atoms with E-state index >= 15 is 0 Å². The van der Waals surface area contributed by atoms with E-state index in [1.165, 1.54) is 0 Å². The van der Waals surface area contributed by atoms with Crippen LogP contribution in [0, 0.1) is 0 Å². The Morgan fingerprint density at radius 2 is 1.13 bits per heavy atom. The van der Waals surface area contributed by atoms with Gasteiger partial charge in [0.15, 0.2) is 0 Å². The lowest BCUT2D eigenvalue weighted by molar-refractivity contribution is 0.415. The molecule has 1 N–H and O–H groups in total. The average Bonchev–Trinajstić information content (AvgIpc) is 2.83. The van der Waals surface area contributed by atoms with Crippen molar-refractivity contribution < 1.29 is 9.84 Å². The molecule has 0 saturated heterocycles. The smallest absolute Gasteiger partial charge is 0.118 e. The van der Waals surface area contributed by atoms with Crippen LogP contribution in [0.25, 0.3) is 33.6 Å². The van der Waals surface area contributed by atoms with E-state index in [0.29, 0.717) is 10.7 Å². The van der Waals surface area contributed by atoms with Crippen LogP contribution in [-0.2, 0) is 10.7 Å². The van der Waals surface area contributed by atoms with Crippen molar-refractivity contribution in [2.24, 2.45) is 0 Å². The quantitative estimate of drug-likeness (QED) is 0.268. The van der Waals surface area contributed by atoms with E-state index in [1.54, 1.807) is 19.2 Å². The highest BCUT2D eigenvalue weighted by atomic mass is 79.9. The number of alkyl halides is 2. The number of aromatic nitrogens is 2. The highest BCUT2D eigenvalue weighted by molar-refractivity contribution is 9.08. The van der Waals surface area contributed by atoms with Gasteiger partial charge in [-0.1, -0.05) is 56.1 Å². The second-order valence-corrected chi connectivity index (χ2v) is 8.13. The molecule has 2 heterocycles. The zero-order valence-electron chi connectivity index (χ0n) is 16.8. The largest absolute Gasteiger partial charge is 0.508 e. The van der Waals surface area contributed by atoms with Crippen molar-refractivity contribution in [3.8, 4) is 45.1 Å². The maximum Gasteiger partial charge on any atom is 0.118 e. The number of rotatable bonds is 6. The van der Waals surface area contributed by atoms with Gasteiger partial charge in [0, 0.05) is 10.7 Å². The zero-order valence-corrected chi connectivity index (χ0v) is 20.0. The van der Waals surface area contributed by atoms with Gasteiger partial charge in [-0.05, 0) is 70.8 Å². The highest BCUT2D eigenvalue weighted by Gasteiger charge is 2.11. The highest BCUT2D eigenvalue weighted by Crippen LogP contribution is 2.31. The second kappa shape index (κ2) is 9.62.